The second-order valence-corrected chi connectivity index (χ2v) is 5.69. The summed E-state index contributed by atoms with van der Waals surface area (Å²) in [5.74, 6) is -1.21. The molecule has 7 nitrogen and oxygen atoms in total. The standard InChI is InChI=1S/C19H16N2O5/c1-12(22)20-11-21-10-17(19(25)26-21)14-7-5-13(6-8-14)15-3-2-4-16(9-15)18(23)24/h2-10H,11H2,1H3,(H,20,22)(H,23,24). The molecule has 3 rings (SSSR count). The third-order valence-corrected chi connectivity index (χ3v) is 3.82. The molecule has 0 spiro atoms. The lowest BCUT2D eigenvalue weighted by Gasteiger charge is -2.04. The number of benzene rings is 2. The van der Waals surface area contributed by atoms with Gasteiger partial charge in [-0.3, -0.25) is 4.79 Å². The van der Waals surface area contributed by atoms with Crippen LogP contribution in [0.15, 0.2) is 64.0 Å². The summed E-state index contributed by atoms with van der Waals surface area (Å²) in [6.07, 6.45) is 1.53. The van der Waals surface area contributed by atoms with Crippen molar-refractivity contribution >= 4 is 11.9 Å². The predicted octanol–water partition coefficient (Wildman–Crippen LogP) is 2.57. The Bertz CT molecular complexity index is 1010. The summed E-state index contributed by atoms with van der Waals surface area (Å²) in [5.41, 5.74) is 2.35. The van der Waals surface area contributed by atoms with Gasteiger partial charge in [-0.05, 0) is 28.8 Å². The van der Waals surface area contributed by atoms with Gasteiger partial charge in [0.1, 0.15) is 6.67 Å². The van der Waals surface area contributed by atoms with Crippen molar-refractivity contribution in [2.24, 2.45) is 0 Å². The Morgan fingerprint density at radius 3 is 2.42 bits per heavy atom. The van der Waals surface area contributed by atoms with Crippen LogP contribution >= 0.6 is 0 Å². The molecule has 1 aromatic heterocycles. The lowest BCUT2D eigenvalue weighted by Crippen LogP contribution is -2.22. The summed E-state index contributed by atoms with van der Waals surface area (Å²) in [5, 5.41) is 11.6. The fourth-order valence-corrected chi connectivity index (χ4v) is 2.51. The quantitative estimate of drug-likeness (QED) is 0.735. The molecule has 2 N–H and O–H groups in total. The van der Waals surface area contributed by atoms with Gasteiger partial charge in [-0.15, -0.1) is 0 Å². The lowest BCUT2D eigenvalue weighted by molar-refractivity contribution is -0.119. The predicted molar refractivity (Wildman–Crippen MR) is 94.6 cm³/mol. The van der Waals surface area contributed by atoms with Gasteiger partial charge in [-0.2, -0.15) is 4.74 Å². The van der Waals surface area contributed by atoms with Gasteiger partial charge >= 0.3 is 11.6 Å². The van der Waals surface area contributed by atoms with Crippen LogP contribution in [0, 0.1) is 0 Å². The van der Waals surface area contributed by atoms with E-state index in [4.69, 9.17) is 9.63 Å². The summed E-state index contributed by atoms with van der Waals surface area (Å²) in [7, 11) is 0. The highest BCUT2D eigenvalue weighted by Gasteiger charge is 2.10. The first-order valence-corrected chi connectivity index (χ1v) is 7.83. The van der Waals surface area contributed by atoms with E-state index in [0.29, 0.717) is 11.1 Å². The molecule has 0 saturated carbocycles. The zero-order valence-corrected chi connectivity index (χ0v) is 13.9. The van der Waals surface area contributed by atoms with Crippen molar-refractivity contribution in [1.29, 1.82) is 0 Å². The average molecular weight is 352 g/mol. The van der Waals surface area contributed by atoms with E-state index in [1.165, 1.54) is 23.9 Å². The molecule has 7 heteroatoms. The molecule has 0 aliphatic heterocycles. The highest BCUT2D eigenvalue weighted by Crippen LogP contribution is 2.24. The number of carbonyl (C=O) groups is 2. The minimum absolute atomic E-state index is 0.0740. The minimum atomic E-state index is -0.985. The van der Waals surface area contributed by atoms with Crippen molar-refractivity contribution < 1.29 is 19.2 Å². The van der Waals surface area contributed by atoms with Gasteiger partial charge in [0.05, 0.1) is 17.3 Å². The maximum absolute atomic E-state index is 12.0. The summed E-state index contributed by atoms with van der Waals surface area (Å²) in [6, 6.07) is 13.8. The average Bonchev–Trinajstić information content (AvgIpc) is 3.01. The zero-order chi connectivity index (χ0) is 18.7. The van der Waals surface area contributed by atoms with Gasteiger partial charge < -0.3 is 14.9 Å². The van der Waals surface area contributed by atoms with Crippen molar-refractivity contribution in [3.8, 4) is 22.3 Å². The van der Waals surface area contributed by atoms with Crippen LogP contribution in [0.4, 0.5) is 0 Å². The number of carboxylic acids is 1. The highest BCUT2D eigenvalue weighted by atomic mass is 16.5. The molecule has 0 fully saturated rings. The largest absolute Gasteiger partial charge is 0.478 e. The summed E-state index contributed by atoms with van der Waals surface area (Å²) >= 11 is 0. The van der Waals surface area contributed by atoms with E-state index in [9.17, 15) is 14.4 Å². The number of hydrogen-bond acceptors (Lipinski definition) is 4. The van der Waals surface area contributed by atoms with E-state index in [-0.39, 0.29) is 18.1 Å². The maximum atomic E-state index is 12.0. The highest BCUT2D eigenvalue weighted by molar-refractivity contribution is 5.89. The van der Waals surface area contributed by atoms with Crippen molar-refractivity contribution in [3.05, 3.63) is 70.7 Å². The number of carbonyl (C=O) groups excluding carboxylic acids is 1. The van der Waals surface area contributed by atoms with Crippen LogP contribution in [0.1, 0.15) is 17.3 Å². The van der Waals surface area contributed by atoms with Gasteiger partial charge in [0.25, 0.3) is 0 Å². The molecule has 3 aromatic rings. The van der Waals surface area contributed by atoms with Crippen LogP contribution in [0.5, 0.6) is 0 Å². The van der Waals surface area contributed by atoms with E-state index in [1.807, 2.05) is 6.07 Å². The monoisotopic (exact) mass is 352 g/mol. The molecule has 0 aliphatic rings. The number of nitrogens with zero attached hydrogens (tertiary/aromatic N) is 1. The lowest BCUT2D eigenvalue weighted by atomic mass is 10.0. The molecule has 0 bridgehead atoms. The van der Waals surface area contributed by atoms with E-state index in [0.717, 1.165) is 11.1 Å². The Kier molecular flexibility index (Phi) is 4.70. The number of aromatic nitrogens is 1. The van der Waals surface area contributed by atoms with Crippen molar-refractivity contribution in [2.45, 2.75) is 13.6 Å². The summed E-state index contributed by atoms with van der Waals surface area (Å²) in [6.45, 7) is 1.45. The van der Waals surface area contributed by atoms with Crippen LogP contribution in [-0.2, 0) is 11.5 Å². The third-order valence-electron chi connectivity index (χ3n) is 3.82. The molecule has 0 radical (unpaired) electrons. The Balaban J connectivity index is 1.86. The second-order valence-electron chi connectivity index (χ2n) is 5.69. The van der Waals surface area contributed by atoms with Gasteiger partial charge in [0, 0.05) is 6.92 Å². The Morgan fingerprint density at radius 1 is 1.08 bits per heavy atom. The number of aromatic carboxylic acids is 1. The van der Waals surface area contributed by atoms with E-state index >= 15 is 0 Å². The molecule has 1 amide bonds. The van der Waals surface area contributed by atoms with Crippen molar-refractivity contribution in [2.75, 3.05) is 0 Å². The summed E-state index contributed by atoms with van der Waals surface area (Å²) < 4.78 is 6.31. The van der Waals surface area contributed by atoms with Crippen LogP contribution in [0.2, 0.25) is 0 Å². The summed E-state index contributed by atoms with van der Waals surface area (Å²) in [4.78, 5) is 34.0. The molecular weight excluding hydrogens is 336 g/mol. The molecule has 0 saturated heterocycles. The normalized spacial score (nSPS) is 10.5. The second kappa shape index (κ2) is 7.10. The van der Waals surface area contributed by atoms with Crippen LogP contribution < -0.4 is 10.9 Å². The molecule has 1 heterocycles. The van der Waals surface area contributed by atoms with E-state index in [1.54, 1.807) is 36.4 Å². The first-order valence-electron chi connectivity index (χ1n) is 7.83. The van der Waals surface area contributed by atoms with Crippen molar-refractivity contribution in [3.63, 3.8) is 0 Å². The molecule has 0 atom stereocenters. The van der Waals surface area contributed by atoms with Gasteiger partial charge in [-0.25, -0.2) is 9.59 Å². The molecule has 132 valence electrons. The smallest absolute Gasteiger partial charge is 0.365 e. The first-order chi connectivity index (χ1) is 12.4. The van der Waals surface area contributed by atoms with Gasteiger partial charge in [0.2, 0.25) is 5.91 Å². The van der Waals surface area contributed by atoms with E-state index in [2.05, 4.69) is 5.32 Å². The fourth-order valence-electron chi connectivity index (χ4n) is 2.51. The van der Waals surface area contributed by atoms with Gasteiger partial charge in [0.15, 0.2) is 0 Å². The fraction of sp³-hybridized carbons (Fsp3) is 0.105. The van der Waals surface area contributed by atoms with Gasteiger partial charge in [-0.1, -0.05) is 36.4 Å². The number of hydrogen-bond donors (Lipinski definition) is 2. The number of amides is 1. The molecule has 0 unspecified atom stereocenters. The topological polar surface area (TPSA) is 102 Å². The molecular formula is C19H16N2O5. The SMILES string of the molecule is CC(=O)NCn1cc(-c2ccc(-c3cccc(C(=O)O)c3)cc2)c(=O)o1. The Labute approximate surface area is 148 Å². The Hall–Kier alpha value is -3.61. The number of nitrogens with one attached hydrogen (secondary N) is 1. The number of carboxylic acid groups (broad SMARTS) is 1. The maximum Gasteiger partial charge on any atom is 0.365 e. The van der Waals surface area contributed by atoms with E-state index < -0.39 is 11.6 Å². The number of rotatable bonds is 5. The Morgan fingerprint density at radius 2 is 1.77 bits per heavy atom. The zero-order valence-electron chi connectivity index (χ0n) is 13.9. The van der Waals surface area contributed by atoms with Crippen LogP contribution in [-0.4, -0.2) is 21.7 Å². The minimum Gasteiger partial charge on any atom is -0.478 e. The first kappa shape index (κ1) is 17.2. The molecule has 0 aliphatic carbocycles. The van der Waals surface area contributed by atoms with Crippen LogP contribution in [0.25, 0.3) is 22.3 Å². The molecule has 2 aromatic carbocycles. The molecule has 26 heavy (non-hydrogen) atoms. The van der Waals surface area contributed by atoms with Crippen LogP contribution in [0.3, 0.4) is 0 Å². The third kappa shape index (κ3) is 3.72. The van der Waals surface area contributed by atoms with Crippen molar-refractivity contribution in [1.82, 2.24) is 10.1 Å².